The molecule has 0 spiro atoms. The fourth-order valence-corrected chi connectivity index (χ4v) is 3.32. The average molecular weight is 417 g/mol. The molecule has 9 nitrogen and oxygen atoms in total. The smallest absolute Gasteiger partial charge is 0.387 e. The molecule has 4 aromatic rings. The van der Waals surface area contributed by atoms with Gasteiger partial charge in [-0.25, -0.2) is 4.68 Å². The van der Waals surface area contributed by atoms with E-state index in [0.29, 0.717) is 27.4 Å². The minimum Gasteiger partial charge on any atom is -0.435 e. The van der Waals surface area contributed by atoms with Gasteiger partial charge < -0.3 is 10.6 Å². The summed E-state index contributed by atoms with van der Waals surface area (Å²) in [5.74, 6) is 6.53. The number of thioether (sulfide) groups is 1. The first kappa shape index (κ1) is 18.8. The molecule has 0 aliphatic rings. The summed E-state index contributed by atoms with van der Waals surface area (Å²) in [7, 11) is 0. The van der Waals surface area contributed by atoms with Crippen molar-refractivity contribution < 1.29 is 13.5 Å². The number of benzene rings is 2. The first-order chi connectivity index (χ1) is 14.0. The molecule has 0 atom stereocenters. The molecule has 4 rings (SSSR count). The highest BCUT2D eigenvalue weighted by atomic mass is 32.2. The molecule has 0 bridgehead atoms. The predicted molar refractivity (Wildman–Crippen MR) is 102 cm³/mol. The molecule has 2 heterocycles. The highest BCUT2D eigenvalue weighted by Gasteiger charge is 2.14. The third kappa shape index (κ3) is 3.87. The van der Waals surface area contributed by atoms with Crippen LogP contribution >= 0.6 is 11.8 Å². The van der Waals surface area contributed by atoms with Gasteiger partial charge >= 0.3 is 6.61 Å². The number of ether oxygens (including phenoxy) is 1. The Labute approximate surface area is 166 Å². The molecular weight excluding hydrogens is 404 g/mol. The van der Waals surface area contributed by atoms with E-state index in [-0.39, 0.29) is 17.2 Å². The number of alkyl halides is 2. The lowest BCUT2D eigenvalue weighted by Gasteiger charge is -2.07. The van der Waals surface area contributed by atoms with Gasteiger partial charge in [0.1, 0.15) is 11.3 Å². The summed E-state index contributed by atoms with van der Waals surface area (Å²) in [5, 5.41) is 16.8. The summed E-state index contributed by atoms with van der Waals surface area (Å²) in [6, 6.07) is 12.8. The molecule has 0 aliphatic carbocycles. The Morgan fingerprint density at radius 2 is 1.83 bits per heavy atom. The predicted octanol–water partition coefficient (Wildman–Crippen LogP) is 2.12. The maximum Gasteiger partial charge on any atom is 0.387 e. The zero-order chi connectivity index (χ0) is 20.4. The zero-order valence-electron chi connectivity index (χ0n) is 14.6. The number of aromatic nitrogens is 6. The molecular formula is C17H13F2N7O2S. The number of hydrogen-bond acceptors (Lipinski definition) is 8. The molecule has 0 amide bonds. The van der Waals surface area contributed by atoms with Gasteiger partial charge in [-0.15, -0.1) is 15.3 Å². The van der Waals surface area contributed by atoms with Gasteiger partial charge in [0.15, 0.2) is 5.82 Å². The van der Waals surface area contributed by atoms with Gasteiger partial charge in [0.2, 0.25) is 5.16 Å². The van der Waals surface area contributed by atoms with Gasteiger partial charge in [0.05, 0.1) is 11.3 Å². The van der Waals surface area contributed by atoms with Crippen LogP contribution in [0.3, 0.4) is 0 Å². The topological polar surface area (TPSA) is 114 Å². The quantitative estimate of drug-likeness (QED) is 0.375. The second-order valence-electron chi connectivity index (χ2n) is 5.76. The highest BCUT2D eigenvalue weighted by Crippen LogP contribution is 2.24. The molecule has 0 aliphatic heterocycles. The normalized spacial score (nSPS) is 11.3. The minimum absolute atomic E-state index is 0.0238. The number of nitrogen functional groups attached to an aromatic ring is 1. The van der Waals surface area contributed by atoms with Crippen LogP contribution in [-0.2, 0) is 5.88 Å². The van der Waals surface area contributed by atoms with Crippen LogP contribution in [0, 0.1) is 0 Å². The second-order valence-corrected chi connectivity index (χ2v) is 6.68. The van der Waals surface area contributed by atoms with E-state index in [2.05, 4.69) is 25.2 Å². The van der Waals surface area contributed by atoms with Gasteiger partial charge in [-0.2, -0.15) is 13.5 Å². The van der Waals surface area contributed by atoms with Crippen LogP contribution in [0.4, 0.5) is 8.78 Å². The minimum atomic E-state index is -2.90. The molecule has 0 unspecified atom stereocenters. The van der Waals surface area contributed by atoms with Crippen molar-refractivity contribution in [3.8, 4) is 17.1 Å². The summed E-state index contributed by atoms with van der Waals surface area (Å²) >= 11 is 1.15. The van der Waals surface area contributed by atoms with Crippen molar-refractivity contribution in [2.75, 3.05) is 5.84 Å². The first-order valence-corrected chi connectivity index (χ1v) is 9.22. The third-order valence-corrected chi connectivity index (χ3v) is 4.86. The number of rotatable bonds is 6. The summed E-state index contributed by atoms with van der Waals surface area (Å²) in [6.07, 6.45) is 0. The van der Waals surface area contributed by atoms with E-state index in [1.165, 1.54) is 21.5 Å². The Bertz CT molecular complexity index is 1210. The van der Waals surface area contributed by atoms with Crippen molar-refractivity contribution in [2.45, 2.75) is 17.6 Å². The van der Waals surface area contributed by atoms with Crippen molar-refractivity contribution >= 4 is 22.7 Å². The van der Waals surface area contributed by atoms with Crippen LogP contribution in [0.5, 0.6) is 5.75 Å². The Kier molecular flexibility index (Phi) is 5.08. The first-order valence-electron chi connectivity index (χ1n) is 8.24. The van der Waals surface area contributed by atoms with Crippen LogP contribution in [0.15, 0.2) is 58.5 Å². The molecule has 0 saturated heterocycles. The lowest BCUT2D eigenvalue weighted by molar-refractivity contribution is -0.0498. The van der Waals surface area contributed by atoms with E-state index in [0.717, 1.165) is 11.8 Å². The molecule has 148 valence electrons. The van der Waals surface area contributed by atoms with E-state index in [1.54, 1.807) is 36.4 Å². The molecule has 2 N–H and O–H groups in total. The van der Waals surface area contributed by atoms with E-state index in [4.69, 9.17) is 5.84 Å². The molecule has 29 heavy (non-hydrogen) atoms. The lowest BCUT2D eigenvalue weighted by atomic mass is 10.2. The van der Waals surface area contributed by atoms with Crippen LogP contribution in [-0.4, -0.2) is 36.5 Å². The highest BCUT2D eigenvalue weighted by molar-refractivity contribution is 7.98. The van der Waals surface area contributed by atoms with Crippen molar-refractivity contribution in [3.63, 3.8) is 0 Å². The van der Waals surface area contributed by atoms with Gasteiger partial charge in [-0.05, 0) is 36.4 Å². The van der Waals surface area contributed by atoms with Crippen LogP contribution in [0.25, 0.3) is 22.3 Å². The Balaban J connectivity index is 1.52. The number of nitrogens with zero attached hydrogens (tertiary/aromatic N) is 6. The molecule has 0 radical (unpaired) electrons. The summed E-state index contributed by atoms with van der Waals surface area (Å²) in [6.45, 7) is -2.90. The second kappa shape index (κ2) is 7.83. The average Bonchev–Trinajstić information content (AvgIpc) is 3.08. The Morgan fingerprint density at radius 1 is 1.07 bits per heavy atom. The number of fused-ring (bicyclic) bond motifs is 1. The monoisotopic (exact) mass is 417 g/mol. The summed E-state index contributed by atoms with van der Waals surface area (Å²) in [4.78, 5) is 12.5. The lowest BCUT2D eigenvalue weighted by Crippen LogP contribution is -2.23. The SMILES string of the molecule is Nn1c(SCn2nnc3ccccc3c2=O)nnc1-c1ccc(OC(F)F)cc1. The molecule has 2 aromatic carbocycles. The molecule has 0 fully saturated rings. The van der Waals surface area contributed by atoms with Gasteiger partial charge in [0, 0.05) is 5.56 Å². The van der Waals surface area contributed by atoms with Crippen LogP contribution in [0.2, 0.25) is 0 Å². The van der Waals surface area contributed by atoms with Gasteiger partial charge in [-0.3, -0.25) is 4.79 Å². The van der Waals surface area contributed by atoms with Crippen molar-refractivity contribution in [2.24, 2.45) is 0 Å². The molecule has 0 saturated carbocycles. The third-order valence-electron chi connectivity index (χ3n) is 3.95. The largest absolute Gasteiger partial charge is 0.435 e. The van der Waals surface area contributed by atoms with Crippen LogP contribution < -0.4 is 16.1 Å². The fraction of sp³-hybridized carbons (Fsp3) is 0.118. The number of halogens is 2. The standard InChI is InChI=1S/C17H13F2N7O2S/c18-16(19)28-11-7-5-10(6-8-11)14-22-23-17(26(14)20)29-9-25-15(27)12-3-1-2-4-13(12)21-24-25/h1-8,16H,9,20H2. The van der Waals surface area contributed by atoms with Crippen molar-refractivity contribution in [1.29, 1.82) is 0 Å². The summed E-state index contributed by atoms with van der Waals surface area (Å²) in [5.41, 5.74) is 0.805. The van der Waals surface area contributed by atoms with E-state index < -0.39 is 6.61 Å². The van der Waals surface area contributed by atoms with Crippen LogP contribution in [0.1, 0.15) is 0 Å². The number of nitrogens with two attached hydrogens (primary N) is 1. The fourth-order valence-electron chi connectivity index (χ4n) is 2.58. The van der Waals surface area contributed by atoms with Gasteiger partial charge in [-0.1, -0.05) is 29.1 Å². The van der Waals surface area contributed by atoms with E-state index in [1.807, 2.05) is 0 Å². The molecule has 12 heteroatoms. The van der Waals surface area contributed by atoms with Gasteiger partial charge in [0.25, 0.3) is 5.56 Å². The zero-order valence-corrected chi connectivity index (χ0v) is 15.5. The molecule has 2 aromatic heterocycles. The van der Waals surface area contributed by atoms with Crippen molar-refractivity contribution in [1.82, 2.24) is 29.9 Å². The van der Waals surface area contributed by atoms with Crippen molar-refractivity contribution in [3.05, 3.63) is 58.9 Å². The Morgan fingerprint density at radius 3 is 2.59 bits per heavy atom. The Hall–Kier alpha value is -3.54. The number of hydrogen-bond donors (Lipinski definition) is 1. The van der Waals surface area contributed by atoms with E-state index in [9.17, 15) is 13.6 Å². The van der Waals surface area contributed by atoms with E-state index >= 15 is 0 Å². The maximum absolute atomic E-state index is 12.5. The maximum atomic E-state index is 12.5. The summed E-state index contributed by atoms with van der Waals surface area (Å²) < 4.78 is 31.3.